The molecule has 0 spiro atoms. The molecule has 0 saturated heterocycles. The van der Waals surface area contributed by atoms with E-state index >= 15 is 0 Å². The lowest BCUT2D eigenvalue weighted by Gasteiger charge is -2.24. The molecule has 1 aromatic rings. The van der Waals surface area contributed by atoms with Crippen molar-refractivity contribution in [2.75, 3.05) is 13.7 Å². The maximum Gasteiger partial charge on any atom is 0.311 e. The van der Waals surface area contributed by atoms with Gasteiger partial charge in [-0.05, 0) is 30.0 Å². The predicted molar refractivity (Wildman–Crippen MR) is 77.5 cm³/mol. The molecule has 0 amide bonds. The first-order chi connectivity index (χ1) is 9.51. The molecule has 2 atom stereocenters. The Balaban J connectivity index is 2.93. The highest BCUT2D eigenvalue weighted by atomic mass is 16.5. The highest BCUT2D eigenvalue weighted by Gasteiger charge is 2.31. The molecule has 20 heavy (non-hydrogen) atoms. The van der Waals surface area contributed by atoms with Crippen molar-refractivity contribution in [1.82, 2.24) is 0 Å². The van der Waals surface area contributed by atoms with E-state index in [-0.39, 0.29) is 5.92 Å². The SMILES string of the molecule is CCCOc1cccc(C(O)C(C(=O)OC)C(C)C)c1. The number of esters is 1. The smallest absolute Gasteiger partial charge is 0.311 e. The van der Waals surface area contributed by atoms with Gasteiger partial charge in [0.05, 0.1) is 25.7 Å². The lowest BCUT2D eigenvalue weighted by atomic mass is 9.86. The first-order valence-corrected chi connectivity index (χ1v) is 6.99. The van der Waals surface area contributed by atoms with E-state index < -0.39 is 18.0 Å². The molecule has 0 aliphatic rings. The van der Waals surface area contributed by atoms with Gasteiger partial charge in [0.15, 0.2) is 0 Å². The largest absolute Gasteiger partial charge is 0.494 e. The normalized spacial score (nSPS) is 13.9. The number of rotatable bonds is 7. The second-order valence-corrected chi connectivity index (χ2v) is 5.16. The lowest BCUT2D eigenvalue weighted by molar-refractivity contribution is -0.152. The third-order valence-electron chi connectivity index (χ3n) is 3.20. The molecule has 0 heterocycles. The Hall–Kier alpha value is -1.55. The monoisotopic (exact) mass is 280 g/mol. The zero-order chi connectivity index (χ0) is 15.1. The topological polar surface area (TPSA) is 55.8 Å². The minimum absolute atomic E-state index is 0.0160. The molecule has 0 radical (unpaired) electrons. The van der Waals surface area contributed by atoms with Crippen LogP contribution in [0, 0.1) is 11.8 Å². The van der Waals surface area contributed by atoms with Crippen LogP contribution in [-0.4, -0.2) is 24.8 Å². The maximum absolute atomic E-state index is 11.8. The number of aliphatic hydroxyl groups excluding tert-OH is 1. The van der Waals surface area contributed by atoms with Gasteiger partial charge in [-0.15, -0.1) is 0 Å². The van der Waals surface area contributed by atoms with Gasteiger partial charge >= 0.3 is 5.97 Å². The van der Waals surface area contributed by atoms with E-state index in [0.717, 1.165) is 6.42 Å². The molecule has 0 aromatic heterocycles. The van der Waals surface area contributed by atoms with Crippen molar-refractivity contribution in [3.05, 3.63) is 29.8 Å². The van der Waals surface area contributed by atoms with Gasteiger partial charge in [0.25, 0.3) is 0 Å². The van der Waals surface area contributed by atoms with Crippen molar-refractivity contribution in [3.8, 4) is 5.75 Å². The first-order valence-electron chi connectivity index (χ1n) is 6.99. The van der Waals surface area contributed by atoms with Crippen LogP contribution in [0.5, 0.6) is 5.75 Å². The van der Waals surface area contributed by atoms with E-state index in [1.54, 1.807) is 12.1 Å². The number of benzene rings is 1. The van der Waals surface area contributed by atoms with Crippen molar-refractivity contribution >= 4 is 5.97 Å². The summed E-state index contributed by atoms with van der Waals surface area (Å²) in [5.74, 6) is -0.290. The van der Waals surface area contributed by atoms with E-state index in [1.165, 1.54) is 7.11 Å². The number of carbonyl (C=O) groups is 1. The van der Waals surface area contributed by atoms with Gasteiger partial charge in [-0.25, -0.2) is 0 Å². The second-order valence-electron chi connectivity index (χ2n) is 5.16. The zero-order valence-electron chi connectivity index (χ0n) is 12.6. The molecule has 112 valence electrons. The van der Waals surface area contributed by atoms with Gasteiger partial charge < -0.3 is 14.6 Å². The van der Waals surface area contributed by atoms with Gasteiger partial charge in [0.1, 0.15) is 5.75 Å². The Morgan fingerprint density at radius 3 is 2.60 bits per heavy atom. The van der Waals surface area contributed by atoms with E-state index in [9.17, 15) is 9.90 Å². The minimum Gasteiger partial charge on any atom is -0.494 e. The Labute approximate surface area is 120 Å². The highest BCUT2D eigenvalue weighted by Crippen LogP contribution is 2.30. The number of carbonyl (C=O) groups excluding carboxylic acids is 1. The van der Waals surface area contributed by atoms with E-state index in [1.807, 2.05) is 32.9 Å². The Morgan fingerprint density at radius 1 is 1.35 bits per heavy atom. The lowest BCUT2D eigenvalue weighted by Crippen LogP contribution is -2.28. The van der Waals surface area contributed by atoms with Crippen LogP contribution in [0.25, 0.3) is 0 Å². The van der Waals surface area contributed by atoms with Gasteiger partial charge in [-0.1, -0.05) is 32.9 Å². The van der Waals surface area contributed by atoms with Crippen LogP contribution in [0.2, 0.25) is 0 Å². The van der Waals surface area contributed by atoms with E-state index in [4.69, 9.17) is 9.47 Å². The quantitative estimate of drug-likeness (QED) is 0.780. The molecular weight excluding hydrogens is 256 g/mol. The summed E-state index contributed by atoms with van der Waals surface area (Å²) < 4.78 is 10.3. The summed E-state index contributed by atoms with van der Waals surface area (Å²) in [4.78, 5) is 11.8. The molecule has 0 aliphatic carbocycles. The van der Waals surface area contributed by atoms with Crippen LogP contribution in [0.1, 0.15) is 38.9 Å². The Kier molecular flexibility index (Phi) is 6.52. The summed E-state index contributed by atoms with van der Waals surface area (Å²) in [5, 5.41) is 10.4. The summed E-state index contributed by atoms with van der Waals surface area (Å²) >= 11 is 0. The number of methoxy groups -OCH3 is 1. The summed E-state index contributed by atoms with van der Waals surface area (Å²) in [6.45, 7) is 6.44. The number of hydrogen-bond donors (Lipinski definition) is 1. The summed E-state index contributed by atoms with van der Waals surface area (Å²) in [6.07, 6.45) is 0.0245. The van der Waals surface area contributed by atoms with Crippen molar-refractivity contribution < 1.29 is 19.4 Å². The summed E-state index contributed by atoms with van der Waals surface area (Å²) in [5.41, 5.74) is 0.669. The van der Waals surface area contributed by atoms with Crippen LogP contribution in [0.15, 0.2) is 24.3 Å². The molecular formula is C16H24O4. The average Bonchev–Trinajstić information content (AvgIpc) is 2.44. The van der Waals surface area contributed by atoms with Crippen LogP contribution < -0.4 is 4.74 Å². The molecule has 4 heteroatoms. The average molecular weight is 280 g/mol. The number of ether oxygens (including phenoxy) is 2. The third-order valence-corrected chi connectivity index (χ3v) is 3.20. The molecule has 1 aromatic carbocycles. The molecule has 1 N–H and O–H groups in total. The molecule has 0 aliphatic heterocycles. The van der Waals surface area contributed by atoms with Crippen LogP contribution in [-0.2, 0) is 9.53 Å². The Bertz CT molecular complexity index is 428. The molecule has 2 unspecified atom stereocenters. The molecule has 0 bridgehead atoms. The van der Waals surface area contributed by atoms with E-state index in [0.29, 0.717) is 17.9 Å². The van der Waals surface area contributed by atoms with Gasteiger partial charge in [-0.2, -0.15) is 0 Å². The number of hydrogen-bond acceptors (Lipinski definition) is 4. The fourth-order valence-corrected chi connectivity index (χ4v) is 2.12. The Morgan fingerprint density at radius 2 is 2.05 bits per heavy atom. The van der Waals surface area contributed by atoms with Crippen LogP contribution in [0.4, 0.5) is 0 Å². The standard InChI is InChI=1S/C16H24O4/c1-5-9-20-13-8-6-7-12(10-13)15(17)14(11(2)3)16(18)19-4/h6-8,10-11,14-15,17H,5,9H2,1-4H3. The van der Waals surface area contributed by atoms with Crippen LogP contribution >= 0.6 is 0 Å². The van der Waals surface area contributed by atoms with Gasteiger partial charge in [-0.3, -0.25) is 4.79 Å². The minimum atomic E-state index is -0.896. The molecule has 1 rings (SSSR count). The van der Waals surface area contributed by atoms with Crippen molar-refractivity contribution in [2.24, 2.45) is 11.8 Å². The van der Waals surface area contributed by atoms with Crippen LogP contribution in [0.3, 0.4) is 0 Å². The number of aliphatic hydroxyl groups is 1. The zero-order valence-corrected chi connectivity index (χ0v) is 12.6. The summed E-state index contributed by atoms with van der Waals surface area (Å²) in [7, 11) is 1.34. The summed E-state index contributed by atoms with van der Waals surface area (Å²) in [6, 6.07) is 7.23. The fourth-order valence-electron chi connectivity index (χ4n) is 2.12. The molecule has 4 nitrogen and oxygen atoms in total. The van der Waals surface area contributed by atoms with Crippen molar-refractivity contribution in [2.45, 2.75) is 33.3 Å². The maximum atomic E-state index is 11.8. The van der Waals surface area contributed by atoms with Gasteiger partial charge in [0, 0.05) is 0 Å². The first kappa shape index (κ1) is 16.5. The fraction of sp³-hybridized carbons (Fsp3) is 0.562. The predicted octanol–water partition coefficient (Wildman–Crippen LogP) is 2.95. The molecule has 0 fully saturated rings. The second kappa shape index (κ2) is 7.90. The molecule has 0 saturated carbocycles. The van der Waals surface area contributed by atoms with Crippen molar-refractivity contribution in [3.63, 3.8) is 0 Å². The third kappa shape index (κ3) is 4.23. The van der Waals surface area contributed by atoms with Crippen molar-refractivity contribution in [1.29, 1.82) is 0 Å². The van der Waals surface area contributed by atoms with E-state index in [2.05, 4.69) is 0 Å². The highest BCUT2D eigenvalue weighted by molar-refractivity contribution is 5.73. The van der Waals surface area contributed by atoms with Gasteiger partial charge in [0.2, 0.25) is 0 Å².